The van der Waals surface area contributed by atoms with E-state index in [4.69, 9.17) is 21.6 Å². The minimum atomic E-state index is -4.56. The summed E-state index contributed by atoms with van der Waals surface area (Å²) in [7, 11) is 0. The fraction of sp³-hybridized carbons (Fsp3) is 0.0667. The van der Waals surface area contributed by atoms with Gasteiger partial charge in [-0.3, -0.25) is 4.79 Å². The lowest BCUT2D eigenvalue weighted by Crippen LogP contribution is -2.05. The van der Waals surface area contributed by atoms with E-state index in [-0.39, 0.29) is 22.6 Å². The van der Waals surface area contributed by atoms with Crippen molar-refractivity contribution in [1.82, 2.24) is 0 Å². The van der Waals surface area contributed by atoms with Crippen molar-refractivity contribution in [3.05, 3.63) is 58.1 Å². The molecule has 0 aliphatic carbocycles. The van der Waals surface area contributed by atoms with Crippen LogP contribution in [0, 0.1) is 11.3 Å². The average Bonchev–Trinajstić information content (AvgIpc) is 2.46. The second kappa shape index (κ2) is 6.08. The van der Waals surface area contributed by atoms with Crippen LogP contribution in [-0.4, -0.2) is 6.29 Å². The monoisotopic (exact) mass is 325 g/mol. The molecule has 0 aromatic heterocycles. The maximum absolute atomic E-state index is 12.6. The molecule has 0 spiro atoms. The number of carbonyl (C=O) groups is 1. The third-order valence-electron chi connectivity index (χ3n) is 2.73. The molecule has 7 heteroatoms. The lowest BCUT2D eigenvalue weighted by Gasteiger charge is -2.12. The number of hydrogen-bond donors (Lipinski definition) is 0. The van der Waals surface area contributed by atoms with Crippen molar-refractivity contribution in [2.45, 2.75) is 6.18 Å². The Morgan fingerprint density at radius 1 is 1.18 bits per heavy atom. The van der Waals surface area contributed by atoms with Gasteiger partial charge in [0.2, 0.25) is 0 Å². The number of aldehydes is 1. The summed E-state index contributed by atoms with van der Waals surface area (Å²) in [5.41, 5.74) is -0.603. The summed E-state index contributed by atoms with van der Waals surface area (Å²) in [6.45, 7) is 0. The van der Waals surface area contributed by atoms with Gasteiger partial charge in [-0.2, -0.15) is 18.4 Å². The van der Waals surface area contributed by atoms with Crippen molar-refractivity contribution < 1.29 is 22.7 Å². The molecule has 2 rings (SSSR count). The van der Waals surface area contributed by atoms with Gasteiger partial charge in [0.1, 0.15) is 23.9 Å². The first-order chi connectivity index (χ1) is 10.3. The van der Waals surface area contributed by atoms with Gasteiger partial charge in [0.25, 0.3) is 0 Å². The van der Waals surface area contributed by atoms with Gasteiger partial charge in [-0.05, 0) is 30.3 Å². The van der Waals surface area contributed by atoms with E-state index in [0.717, 1.165) is 18.2 Å². The summed E-state index contributed by atoms with van der Waals surface area (Å²) in [5, 5.41) is 8.49. The predicted molar refractivity (Wildman–Crippen MR) is 73.1 cm³/mol. The molecule has 3 nitrogen and oxygen atoms in total. The second-order valence-electron chi connectivity index (χ2n) is 4.23. The van der Waals surface area contributed by atoms with Crippen LogP contribution in [0.3, 0.4) is 0 Å². The van der Waals surface area contributed by atoms with Crippen LogP contribution in [-0.2, 0) is 6.18 Å². The number of alkyl halides is 3. The minimum absolute atomic E-state index is 0.0494. The highest BCUT2D eigenvalue weighted by molar-refractivity contribution is 6.31. The zero-order valence-corrected chi connectivity index (χ0v) is 11.6. The predicted octanol–water partition coefficient (Wildman–Crippen LogP) is 4.84. The Balaban J connectivity index is 2.34. The van der Waals surface area contributed by atoms with Gasteiger partial charge in [-0.1, -0.05) is 11.6 Å². The van der Waals surface area contributed by atoms with Crippen molar-refractivity contribution in [3.8, 4) is 17.6 Å². The van der Waals surface area contributed by atoms with Gasteiger partial charge in [0.05, 0.1) is 16.1 Å². The molecular weight excluding hydrogens is 319 g/mol. The molecule has 0 bridgehead atoms. The van der Waals surface area contributed by atoms with Crippen molar-refractivity contribution >= 4 is 17.9 Å². The minimum Gasteiger partial charge on any atom is -0.456 e. The van der Waals surface area contributed by atoms with E-state index in [9.17, 15) is 18.0 Å². The Morgan fingerprint density at radius 3 is 2.45 bits per heavy atom. The average molecular weight is 326 g/mol. The molecule has 0 aliphatic heterocycles. The van der Waals surface area contributed by atoms with Crippen LogP contribution in [0.5, 0.6) is 11.5 Å². The van der Waals surface area contributed by atoms with Gasteiger partial charge in [-0.25, -0.2) is 0 Å². The lowest BCUT2D eigenvalue weighted by molar-refractivity contribution is -0.137. The molecule has 22 heavy (non-hydrogen) atoms. The Bertz CT molecular complexity index is 766. The van der Waals surface area contributed by atoms with Crippen LogP contribution in [0.25, 0.3) is 0 Å². The van der Waals surface area contributed by atoms with E-state index >= 15 is 0 Å². The first-order valence-corrected chi connectivity index (χ1v) is 6.27. The number of halogens is 4. The summed E-state index contributed by atoms with van der Waals surface area (Å²) in [6.07, 6.45) is -3.99. The maximum Gasteiger partial charge on any atom is 0.417 e. The van der Waals surface area contributed by atoms with Crippen LogP contribution in [0.1, 0.15) is 21.5 Å². The van der Waals surface area contributed by atoms with E-state index < -0.39 is 16.8 Å². The zero-order valence-electron chi connectivity index (χ0n) is 10.8. The van der Waals surface area contributed by atoms with Gasteiger partial charge < -0.3 is 4.74 Å². The molecule has 0 unspecified atom stereocenters. The number of nitriles is 1. The standard InChI is InChI=1S/C15H7ClF3NO2/c16-13-6-11(2-3-12(13)15(17,18)19)22-14-4-1-9(8-21)5-10(14)7-20/h1-6,8H. The largest absolute Gasteiger partial charge is 0.456 e. The second-order valence-corrected chi connectivity index (χ2v) is 4.63. The van der Waals surface area contributed by atoms with Gasteiger partial charge in [0, 0.05) is 11.6 Å². The molecule has 0 radical (unpaired) electrons. The van der Waals surface area contributed by atoms with Gasteiger partial charge in [-0.15, -0.1) is 0 Å². The van der Waals surface area contributed by atoms with E-state index in [2.05, 4.69) is 0 Å². The zero-order chi connectivity index (χ0) is 16.3. The van der Waals surface area contributed by atoms with Gasteiger partial charge in [0.15, 0.2) is 0 Å². The number of hydrogen-bond acceptors (Lipinski definition) is 3. The molecule has 0 saturated carbocycles. The molecule has 0 heterocycles. The summed E-state index contributed by atoms with van der Waals surface area (Å²) >= 11 is 5.59. The number of benzene rings is 2. The quantitative estimate of drug-likeness (QED) is 0.759. The van der Waals surface area contributed by atoms with Crippen molar-refractivity contribution in [2.75, 3.05) is 0 Å². The van der Waals surface area contributed by atoms with Crippen LogP contribution in [0.4, 0.5) is 13.2 Å². The molecule has 0 saturated heterocycles. The lowest BCUT2D eigenvalue weighted by atomic mass is 10.1. The van der Waals surface area contributed by atoms with E-state index in [0.29, 0.717) is 6.29 Å². The van der Waals surface area contributed by atoms with Crippen LogP contribution in [0.2, 0.25) is 5.02 Å². The third-order valence-corrected chi connectivity index (χ3v) is 3.05. The topological polar surface area (TPSA) is 50.1 Å². The number of carbonyl (C=O) groups excluding carboxylic acids is 1. The maximum atomic E-state index is 12.6. The summed E-state index contributed by atoms with van der Waals surface area (Å²) in [6, 6.07) is 8.87. The number of rotatable bonds is 3. The molecule has 2 aromatic carbocycles. The molecule has 0 amide bonds. The SMILES string of the molecule is N#Cc1cc(C=O)ccc1Oc1ccc(C(F)(F)F)c(Cl)c1. The number of ether oxygens (including phenoxy) is 1. The molecule has 112 valence electrons. The Labute approximate surface area is 128 Å². The van der Waals surface area contributed by atoms with Crippen LogP contribution >= 0.6 is 11.6 Å². The summed E-state index contributed by atoms with van der Waals surface area (Å²) in [5.74, 6) is 0.164. The normalized spacial score (nSPS) is 10.9. The Kier molecular flexibility index (Phi) is 4.38. The molecule has 0 atom stereocenters. The highest BCUT2D eigenvalue weighted by atomic mass is 35.5. The van der Waals surface area contributed by atoms with Crippen molar-refractivity contribution in [3.63, 3.8) is 0 Å². The van der Waals surface area contributed by atoms with E-state index in [1.807, 2.05) is 6.07 Å². The molecule has 0 fully saturated rings. The summed E-state index contributed by atoms with van der Waals surface area (Å²) < 4.78 is 43.2. The highest BCUT2D eigenvalue weighted by Crippen LogP contribution is 2.37. The van der Waals surface area contributed by atoms with Gasteiger partial charge >= 0.3 is 6.18 Å². The van der Waals surface area contributed by atoms with Crippen molar-refractivity contribution in [2.24, 2.45) is 0 Å². The first-order valence-electron chi connectivity index (χ1n) is 5.89. The Hall–Kier alpha value is -2.52. The molecule has 0 N–H and O–H groups in total. The molecule has 0 aliphatic rings. The van der Waals surface area contributed by atoms with Crippen LogP contribution in [0.15, 0.2) is 36.4 Å². The Morgan fingerprint density at radius 2 is 1.91 bits per heavy atom. The third kappa shape index (κ3) is 3.38. The fourth-order valence-corrected chi connectivity index (χ4v) is 1.99. The smallest absolute Gasteiger partial charge is 0.417 e. The summed E-state index contributed by atoms with van der Waals surface area (Å²) in [4.78, 5) is 10.6. The molecule has 2 aromatic rings. The van der Waals surface area contributed by atoms with Crippen molar-refractivity contribution in [1.29, 1.82) is 5.26 Å². The fourth-order valence-electron chi connectivity index (χ4n) is 1.71. The number of nitrogens with zero attached hydrogens (tertiary/aromatic N) is 1. The van der Waals surface area contributed by atoms with Crippen LogP contribution < -0.4 is 4.74 Å². The van der Waals surface area contributed by atoms with E-state index in [1.54, 1.807) is 0 Å². The molecular formula is C15H7ClF3NO2. The van der Waals surface area contributed by atoms with E-state index in [1.165, 1.54) is 18.2 Å². The first kappa shape index (κ1) is 15.9. The highest BCUT2D eigenvalue weighted by Gasteiger charge is 2.33.